The van der Waals surface area contributed by atoms with Crippen molar-refractivity contribution in [2.75, 3.05) is 4.90 Å². The Bertz CT molecular complexity index is 1640. The number of rotatable bonds is 6. The Balaban J connectivity index is 1.38. The van der Waals surface area contributed by atoms with Crippen LogP contribution in [0.25, 0.3) is 33.4 Å². The maximum atomic E-state index is 6.24. The van der Waals surface area contributed by atoms with E-state index in [-0.39, 0.29) is 0 Å². The standard InChI is InChI=1S/C36H26ClN/c37-33-19-23-35(24-20-33)38(36-16-8-15-32(26-36)28-11-5-2-6-12-28)34-21-17-29(18-22-34)31-14-7-13-30(25-31)27-9-3-1-4-10-27/h1-26H. The van der Waals surface area contributed by atoms with Crippen LogP contribution in [0.3, 0.4) is 0 Å². The van der Waals surface area contributed by atoms with Gasteiger partial charge in [-0.3, -0.25) is 0 Å². The van der Waals surface area contributed by atoms with Crippen LogP contribution >= 0.6 is 11.6 Å². The quantitative estimate of drug-likeness (QED) is 0.216. The third-order valence-corrected chi connectivity index (χ3v) is 6.98. The largest absolute Gasteiger partial charge is 0.310 e. The topological polar surface area (TPSA) is 3.24 Å². The van der Waals surface area contributed by atoms with E-state index in [1.807, 2.05) is 24.3 Å². The second kappa shape index (κ2) is 10.8. The minimum atomic E-state index is 0.723. The second-order valence-corrected chi connectivity index (χ2v) is 9.66. The lowest BCUT2D eigenvalue weighted by molar-refractivity contribution is 1.28. The molecule has 0 saturated carbocycles. The van der Waals surface area contributed by atoms with E-state index in [2.05, 4.69) is 138 Å². The molecule has 1 nitrogen and oxygen atoms in total. The maximum Gasteiger partial charge on any atom is 0.0467 e. The summed E-state index contributed by atoms with van der Waals surface area (Å²) >= 11 is 6.24. The van der Waals surface area contributed by atoms with Crippen molar-refractivity contribution in [3.05, 3.63) is 163 Å². The van der Waals surface area contributed by atoms with Gasteiger partial charge in [-0.05, 0) is 88.0 Å². The number of anilines is 3. The zero-order valence-electron chi connectivity index (χ0n) is 20.8. The molecule has 0 bridgehead atoms. The van der Waals surface area contributed by atoms with Crippen molar-refractivity contribution >= 4 is 28.7 Å². The summed E-state index contributed by atoms with van der Waals surface area (Å²) in [7, 11) is 0. The average molecular weight is 508 g/mol. The molecule has 0 amide bonds. The van der Waals surface area contributed by atoms with Crippen molar-refractivity contribution in [3.8, 4) is 33.4 Å². The van der Waals surface area contributed by atoms with Crippen LogP contribution in [-0.2, 0) is 0 Å². The highest BCUT2D eigenvalue weighted by Crippen LogP contribution is 2.38. The lowest BCUT2D eigenvalue weighted by Crippen LogP contribution is -2.09. The SMILES string of the molecule is Clc1ccc(N(c2ccc(-c3cccc(-c4ccccc4)c3)cc2)c2cccc(-c3ccccc3)c2)cc1. The van der Waals surface area contributed by atoms with Crippen LogP contribution in [0.5, 0.6) is 0 Å². The fourth-order valence-electron chi connectivity index (χ4n) is 4.80. The molecule has 0 unspecified atom stereocenters. The number of benzene rings is 6. The van der Waals surface area contributed by atoms with Gasteiger partial charge in [-0.15, -0.1) is 0 Å². The van der Waals surface area contributed by atoms with Gasteiger partial charge in [0.15, 0.2) is 0 Å². The molecular formula is C36H26ClN. The summed E-state index contributed by atoms with van der Waals surface area (Å²) < 4.78 is 0. The predicted octanol–water partition coefficient (Wildman–Crippen LogP) is 10.8. The van der Waals surface area contributed by atoms with E-state index in [1.165, 1.54) is 33.4 Å². The Morgan fingerprint density at radius 3 is 1.29 bits per heavy atom. The van der Waals surface area contributed by atoms with Gasteiger partial charge in [0, 0.05) is 22.1 Å². The molecule has 0 aliphatic heterocycles. The summed E-state index contributed by atoms with van der Waals surface area (Å²) in [6, 6.07) is 55.1. The summed E-state index contributed by atoms with van der Waals surface area (Å²) in [4.78, 5) is 2.27. The van der Waals surface area contributed by atoms with Crippen LogP contribution in [0.15, 0.2) is 158 Å². The van der Waals surface area contributed by atoms with Crippen LogP contribution in [0.4, 0.5) is 17.1 Å². The molecular weight excluding hydrogens is 482 g/mol. The molecule has 6 aromatic rings. The van der Waals surface area contributed by atoms with Gasteiger partial charge in [-0.2, -0.15) is 0 Å². The first kappa shape index (κ1) is 23.8. The van der Waals surface area contributed by atoms with E-state index >= 15 is 0 Å². The van der Waals surface area contributed by atoms with Crippen LogP contribution in [-0.4, -0.2) is 0 Å². The molecule has 0 aliphatic rings. The van der Waals surface area contributed by atoms with Crippen molar-refractivity contribution < 1.29 is 0 Å². The lowest BCUT2D eigenvalue weighted by Gasteiger charge is -2.26. The van der Waals surface area contributed by atoms with E-state index in [9.17, 15) is 0 Å². The van der Waals surface area contributed by atoms with Crippen molar-refractivity contribution in [1.82, 2.24) is 0 Å². The predicted molar refractivity (Wildman–Crippen MR) is 162 cm³/mol. The van der Waals surface area contributed by atoms with Gasteiger partial charge in [-0.1, -0.05) is 115 Å². The van der Waals surface area contributed by atoms with Gasteiger partial charge in [0.25, 0.3) is 0 Å². The number of hydrogen-bond donors (Lipinski definition) is 0. The lowest BCUT2D eigenvalue weighted by atomic mass is 9.99. The van der Waals surface area contributed by atoms with Crippen molar-refractivity contribution in [2.45, 2.75) is 0 Å². The monoisotopic (exact) mass is 507 g/mol. The van der Waals surface area contributed by atoms with Gasteiger partial charge in [0.1, 0.15) is 0 Å². The molecule has 182 valence electrons. The summed E-state index contributed by atoms with van der Waals surface area (Å²) in [6.45, 7) is 0. The highest BCUT2D eigenvalue weighted by Gasteiger charge is 2.14. The fraction of sp³-hybridized carbons (Fsp3) is 0. The Kier molecular flexibility index (Phi) is 6.76. The first-order valence-electron chi connectivity index (χ1n) is 12.7. The Morgan fingerprint density at radius 2 is 0.737 bits per heavy atom. The first-order chi connectivity index (χ1) is 18.7. The van der Waals surface area contributed by atoms with Crippen LogP contribution in [0, 0.1) is 0 Å². The van der Waals surface area contributed by atoms with Gasteiger partial charge in [0.2, 0.25) is 0 Å². The van der Waals surface area contributed by atoms with Crippen molar-refractivity contribution in [3.63, 3.8) is 0 Å². The smallest absolute Gasteiger partial charge is 0.0467 e. The molecule has 0 saturated heterocycles. The molecule has 38 heavy (non-hydrogen) atoms. The Labute approximate surface area is 229 Å². The molecule has 0 heterocycles. The average Bonchev–Trinajstić information content (AvgIpc) is 3.00. The highest BCUT2D eigenvalue weighted by molar-refractivity contribution is 6.30. The van der Waals surface area contributed by atoms with Crippen LogP contribution in [0.1, 0.15) is 0 Å². The van der Waals surface area contributed by atoms with Crippen molar-refractivity contribution in [1.29, 1.82) is 0 Å². The molecule has 0 radical (unpaired) electrons. The van der Waals surface area contributed by atoms with E-state index in [0.717, 1.165) is 22.1 Å². The van der Waals surface area contributed by atoms with Gasteiger partial charge in [-0.25, -0.2) is 0 Å². The van der Waals surface area contributed by atoms with Gasteiger partial charge >= 0.3 is 0 Å². The summed E-state index contributed by atoms with van der Waals surface area (Å²) in [6.07, 6.45) is 0. The third-order valence-electron chi connectivity index (χ3n) is 6.72. The van der Waals surface area contributed by atoms with E-state index in [0.29, 0.717) is 0 Å². The molecule has 0 aromatic heterocycles. The first-order valence-corrected chi connectivity index (χ1v) is 13.1. The molecule has 0 spiro atoms. The minimum Gasteiger partial charge on any atom is -0.310 e. The highest BCUT2D eigenvalue weighted by atomic mass is 35.5. The summed E-state index contributed by atoms with van der Waals surface area (Å²) in [5.41, 5.74) is 10.4. The molecule has 6 aromatic carbocycles. The van der Waals surface area contributed by atoms with Crippen molar-refractivity contribution in [2.24, 2.45) is 0 Å². The van der Waals surface area contributed by atoms with E-state index < -0.39 is 0 Å². The fourth-order valence-corrected chi connectivity index (χ4v) is 4.93. The Morgan fingerprint density at radius 1 is 0.316 bits per heavy atom. The van der Waals surface area contributed by atoms with Crippen LogP contribution < -0.4 is 4.90 Å². The summed E-state index contributed by atoms with van der Waals surface area (Å²) in [5, 5.41) is 0.723. The minimum absolute atomic E-state index is 0.723. The third kappa shape index (κ3) is 5.11. The van der Waals surface area contributed by atoms with E-state index in [1.54, 1.807) is 0 Å². The van der Waals surface area contributed by atoms with E-state index in [4.69, 9.17) is 11.6 Å². The zero-order valence-corrected chi connectivity index (χ0v) is 21.6. The maximum absolute atomic E-state index is 6.24. The molecule has 0 N–H and O–H groups in total. The summed E-state index contributed by atoms with van der Waals surface area (Å²) in [5.74, 6) is 0. The second-order valence-electron chi connectivity index (χ2n) is 9.22. The number of hydrogen-bond acceptors (Lipinski definition) is 1. The molecule has 0 fully saturated rings. The molecule has 0 aliphatic carbocycles. The zero-order chi connectivity index (χ0) is 25.7. The number of nitrogens with zero attached hydrogens (tertiary/aromatic N) is 1. The normalized spacial score (nSPS) is 10.8. The molecule has 0 atom stereocenters. The molecule has 6 rings (SSSR count). The van der Waals surface area contributed by atoms with Gasteiger partial charge < -0.3 is 4.90 Å². The number of halogens is 1. The molecule has 2 heteroatoms. The van der Waals surface area contributed by atoms with Gasteiger partial charge in [0.05, 0.1) is 0 Å². The Hall–Kier alpha value is -4.59. The van der Waals surface area contributed by atoms with Crippen LogP contribution in [0.2, 0.25) is 5.02 Å².